The van der Waals surface area contributed by atoms with Gasteiger partial charge in [0.25, 0.3) is 5.91 Å². The zero-order valence-electron chi connectivity index (χ0n) is 15.5. The van der Waals surface area contributed by atoms with Gasteiger partial charge in [-0.1, -0.05) is 35.4 Å². The number of benzene rings is 1. The first-order valence-corrected chi connectivity index (χ1v) is 8.20. The molecule has 1 heterocycles. The van der Waals surface area contributed by atoms with E-state index >= 15 is 0 Å². The molecule has 0 saturated heterocycles. The van der Waals surface area contributed by atoms with E-state index < -0.39 is 5.91 Å². The Morgan fingerprint density at radius 3 is 2.56 bits per heavy atom. The Kier molecular flexibility index (Phi) is 7.82. The number of amides is 1. The maximum atomic E-state index is 12.0. The van der Waals surface area contributed by atoms with Crippen molar-refractivity contribution in [1.82, 2.24) is 10.4 Å². The summed E-state index contributed by atoms with van der Waals surface area (Å²) in [5.74, 6) is -0.194. The fourth-order valence-electron chi connectivity index (χ4n) is 2.54. The van der Waals surface area contributed by atoms with Gasteiger partial charge in [0.2, 0.25) is 0 Å². The Bertz CT molecular complexity index is 713. The molecule has 0 aliphatic carbocycles. The Hall–Kier alpha value is -2.66. The Morgan fingerprint density at radius 1 is 1.32 bits per heavy atom. The zero-order chi connectivity index (χ0) is 19.0. The molecule has 0 radical (unpaired) electrons. The van der Waals surface area contributed by atoms with E-state index in [1.165, 1.54) is 11.6 Å². The van der Waals surface area contributed by atoms with Crippen molar-refractivity contribution in [1.29, 1.82) is 0 Å². The number of hydrogen-bond acceptors (Lipinski definition) is 4. The van der Waals surface area contributed by atoms with Crippen LogP contribution in [0.5, 0.6) is 0 Å². The molecular weight excluding hydrogens is 314 g/mol. The van der Waals surface area contributed by atoms with Crippen LogP contribution in [0.15, 0.2) is 65.3 Å². The normalized spacial score (nSPS) is 15.5. The SMILES string of the molecule is C=C.CCN=C1C(=C(C)C)C(NCc2cccc(C)c2)=CC(=O)N1O. The van der Waals surface area contributed by atoms with E-state index in [-0.39, 0.29) is 0 Å². The predicted octanol–water partition coefficient (Wildman–Crippen LogP) is 3.76. The molecule has 134 valence electrons. The van der Waals surface area contributed by atoms with E-state index in [1.807, 2.05) is 45.9 Å². The van der Waals surface area contributed by atoms with Crippen molar-refractivity contribution in [2.24, 2.45) is 4.99 Å². The number of hydrogen-bond donors (Lipinski definition) is 2. The summed E-state index contributed by atoms with van der Waals surface area (Å²) in [5, 5.41) is 13.9. The van der Waals surface area contributed by atoms with Gasteiger partial charge in [-0.2, -0.15) is 5.06 Å². The standard InChI is InChI=1S/C18H23N3O2.C2H4/c1-5-19-18-17(12(2)3)15(10-16(22)21(18)23)20-11-14-8-6-7-13(4)9-14;1-2/h6-10,20,23H,5,11H2,1-4H3;1-2H2. The van der Waals surface area contributed by atoms with Crippen LogP contribution < -0.4 is 5.32 Å². The summed E-state index contributed by atoms with van der Waals surface area (Å²) < 4.78 is 0. The summed E-state index contributed by atoms with van der Waals surface area (Å²) in [6.07, 6.45) is 1.41. The van der Waals surface area contributed by atoms with Gasteiger partial charge in [0.15, 0.2) is 5.84 Å². The lowest BCUT2D eigenvalue weighted by atomic mass is 10.0. The molecule has 2 rings (SSSR count). The molecule has 1 aliphatic rings. The smallest absolute Gasteiger partial charge is 0.278 e. The van der Waals surface area contributed by atoms with Gasteiger partial charge in [0, 0.05) is 24.7 Å². The van der Waals surface area contributed by atoms with E-state index in [0.717, 1.165) is 16.7 Å². The van der Waals surface area contributed by atoms with Gasteiger partial charge < -0.3 is 5.32 Å². The molecule has 1 aliphatic heterocycles. The van der Waals surface area contributed by atoms with Crippen LogP contribution in [-0.4, -0.2) is 28.6 Å². The third-order valence-corrected chi connectivity index (χ3v) is 3.54. The summed E-state index contributed by atoms with van der Waals surface area (Å²) in [4.78, 5) is 16.2. The van der Waals surface area contributed by atoms with Crippen LogP contribution in [-0.2, 0) is 11.3 Å². The molecule has 5 heteroatoms. The maximum Gasteiger partial charge on any atom is 0.278 e. The highest BCUT2D eigenvalue weighted by Gasteiger charge is 2.29. The molecule has 0 aromatic heterocycles. The van der Waals surface area contributed by atoms with Crippen molar-refractivity contribution < 1.29 is 10.0 Å². The van der Waals surface area contributed by atoms with Crippen LogP contribution in [0, 0.1) is 6.92 Å². The number of carbonyl (C=O) groups excluding carboxylic acids is 1. The highest BCUT2D eigenvalue weighted by molar-refractivity contribution is 6.15. The average Bonchev–Trinajstić information content (AvgIpc) is 2.59. The first-order chi connectivity index (χ1) is 11.9. The Labute approximate surface area is 150 Å². The number of aryl methyl sites for hydroxylation is 1. The van der Waals surface area contributed by atoms with Gasteiger partial charge in [0.05, 0.1) is 5.70 Å². The summed E-state index contributed by atoms with van der Waals surface area (Å²) in [6.45, 7) is 14.9. The fraction of sp³-hybridized carbons (Fsp3) is 0.300. The minimum atomic E-state index is -0.492. The number of nitrogens with one attached hydrogen (secondary N) is 1. The molecule has 5 nitrogen and oxygen atoms in total. The minimum Gasteiger partial charge on any atom is -0.380 e. The molecule has 1 amide bonds. The van der Waals surface area contributed by atoms with Gasteiger partial charge >= 0.3 is 0 Å². The van der Waals surface area contributed by atoms with Gasteiger partial charge in [-0.15, -0.1) is 13.2 Å². The molecule has 2 N–H and O–H groups in total. The maximum absolute atomic E-state index is 12.0. The third-order valence-electron chi connectivity index (χ3n) is 3.54. The van der Waals surface area contributed by atoms with E-state index in [0.29, 0.717) is 29.7 Å². The number of rotatable bonds is 4. The van der Waals surface area contributed by atoms with Gasteiger partial charge in [-0.25, -0.2) is 0 Å². The van der Waals surface area contributed by atoms with Crippen molar-refractivity contribution in [3.63, 3.8) is 0 Å². The number of amidine groups is 1. The largest absolute Gasteiger partial charge is 0.380 e. The lowest BCUT2D eigenvalue weighted by molar-refractivity contribution is -0.143. The van der Waals surface area contributed by atoms with E-state index in [9.17, 15) is 10.0 Å². The average molecular weight is 341 g/mol. The third kappa shape index (κ3) is 5.16. The Morgan fingerprint density at radius 2 is 2.00 bits per heavy atom. The van der Waals surface area contributed by atoms with Crippen molar-refractivity contribution in [2.45, 2.75) is 34.2 Å². The van der Waals surface area contributed by atoms with Gasteiger partial charge in [0.1, 0.15) is 0 Å². The number of carbonyl (C=O) groups is 1. The summed E-state index contributed by atoms with van der Waals surface area (Å²) in [5.41, 5.74) is 4.75. The lowest BCUT2D eigenvalue weighted by Gasteiger charge is -2.27. The van der Waals surface area contributed by atoms with Crippen molar-refractivity contribution >= 4 is 11.7 Å². The number of nitrogens with zero attached hydrogens (tertiary/aromatic N) is 2. The van der Waals surface area contributed by atoms with E-state index in [1.54, 1.807) is 0 Å². The monoisotopic (exact) mass is 341 g/mol. The fourth-order valence-corrected chi connectivity index (χ4v) is 2.54. The van der Waals surface area contributed by atoms with Crippen LogP contribution in [0.2, 0.25) is 0 Å². The minimum absolute atomic E-state index is 0.298. The van der Waals surface area contributed by atoms with E-state index in [4.69, 9.17) is 0 Å². The second-order valence-electron chi connectivity index (χ2n) is 5.72. The zero-order valence-corrected chi connectivity index (χ0v) is 15.5. The molecule has 0 atom stereocenters. The second kappa shape index (κ2) is 9.59. The van der Waals surface area contributed by atoms with Crippen LogP contribution in [0.3, 0.4) is 0 Å². The van der Waals surface area contributed by atoms with Crippen LogP contribution >= 0.6 is 0 Å². The number of aliphatic imine (C=N–C) groups is 1. The van der Waals surface area contributed by atoms with Crippen molar-refractivity contribution in [2.75, 3.05) is 6.54 Å². The molecule has 0 bridgehead atoms. The van der Waals surface area contributed by atoms with Crippen molar-refractivity contribution in [3.8, 4) is 0 Å². The number of hydroxylamine groups is 2. The first-order valence-electron chi connectivity index (χ1n) is 8.20. The predicted molar refractivity (Wildman–Crippen MR) is 102 cm³/mol. The van der Waals surface area contributed by atoms with Gasteiger partial charge in [-0.3, -0.25) is 15.0 Å². The second-order valence-corrected chi connectivity index (χ2v) is 5.72. The topological polar surface area (TPSA) is 64.9 Å². The highest BCUT2D eigenvalue weighted by Crippen LogP contribution is 2.22. The summed E-state index contributed by atoms with van der Waals surface area (Å²) >= 11 is 0. The molecule has 1 aromatic carbocycles. The molecule has 25 heavy (non-hydrogen) atoms. The van der Waals surface area contributed by atoms with Crippen molar-refractivity contribution in [3.05, 3.63) is 71.5 Å². The molecule has 0 fully saturated rings. The molecule has 1 aromatic rings. The van der Waals surface area contributed by atoms with Gasteiger partial charge in [-0.05, 0) is 33.3 Å². The highest BCUT2D eigenvalue weighted by atomic mass is 16.5. The first kappa shape index (κ1) is 20.4. The molecule has 0 unspecified atom stereocenters. The molecule has 0 saturated carbocycles. The quantitative estimate of drug-likeness (QED) is 0.647. The summed E-state index contributed by atoms with van der Waals surface area (Å²) in [6, 6.07) is 8.19. The lowest BCUT2D eigenvalue weighted by Crippen LogP contribution is -2.41. The number of allylic oxidation sites excluding steroid dienone is 1. The Balaban J connectivity index is 0.00000151. The van der Waals surface area contributed by atoms with Crippen LogP contribution in [0.4, 0.5) is 0 Å². The summed E-state index contributed by atoms with van der Waals surface area (Å²) in [7, 11) is 0. The molecular formula is C20H27N3O2. The molecule has 0 spiro atoms. The van der Waals surface area contributed by atoms with Crippen LogP contribution in [0.25, 0.3) is 0 Å². The van der Waals surface area contributed by atoms with E-state index in [2.05, 4.69) is 29.5 Å². The van der Waals surface area contributed by atoms with Crippen LogP contribution in [0.1, 0.15) is 31.9 Å².